The topological polar surface area (TPSA) is 3.24 Å². The van der Waals surface area contributed by atoms with Crippen LogP contribution < -0.4 is 0 Å². The normalized spacial score (nSPS) is 9.76. The van der Waals surface area contributed by atoms with Crippen LogP contribution in [-0.2, 0) is 6.54 Å². The molecule has 1 heteroatoms. The van der Waals surface area contributed by atoms with Gasteiger partial charge in [-0.05, 0) is 52.3 Å². The summed E-state index contributed by atoms with van der Waals surface area (Å²) in [4.78, 5) is 2.54. The maximum absolute atomic E-state index is 2.54. The van der Waals surface area contributed by atoms with Crippen molar-refractivity contribution in [3.05, 3.63) is 70.8 Å². The smallest absolute Gasteiger partial charge is 0.0233 e. The van der Waals surface area contributed by atoms with E-state index >= 15 is 0 Å². The fraction of sp³-hybridized carbons (Fsp3) is 0.500. The van der Waals surface area contributed by atoms with Crippen molar-refractivity contribution in [1.29, 1.82) is 0 Å². The van der Waals surface area contributed by atoms with Crippen molar-refractivity contribution in [3.63, 3.8) is 0 Å². The molecule has 0 saturated heterocycles. The Bertz CT molecular complexity index is 515. The lowest BCUT2D eigenvalue weighted by Gasteiger charge is -2.21. The van der Waals surface area contributed by atoms with Crippen LogP contribution in [0.2, 0.25) is 0 Å². The molecular weight excluding hydrogens is 302 g/mol. The molecule has 0 aliphatic rings. The second kappa shape index (κ2) is 14.7. The highest BCUT2D eigenvalue weighted by Gasteiger charge is 2.03. The third-order valence-electron chi connectivity index (χ3n) is 3.79. The predicted molar refractivity (Wildman–Crippen MR) is 114 cm³/mol. The lowest BCUT2D eigenvalue weighted by atomic mass is 10.1. The predicted octanol–water partition coefficient (Wildman–Crippen LogP) is 6.95. The van der Waals surface area contributed by atoms with Gasteiger partial charge in [-0.1, -0.05) is 92.9 Å². The van der Waals surface area contributed by atoms with Crippen LogP contribution in [0, 0.1) is 20.8 Å². The van der Waals surface area contributed by atoms with Gasteiger partial charge in [0.05, 0.1) is 0 Å². The van der Waals surface area contributed by atoms with E-state index in [0.717, 1.165) is 6.54 Å². The van der Waals surface area contributed by atoms with Gasteiger partial charge in [0.1, 0.15) is 0 Å². The summed E-state index contributed by atoms with van der Waals surface area (Å²) in [5.41, 5.74) is 5.46. The number of hydrogen-bond donors (Lipinski definition) is 0. The molecule has 0 bridgehead atoms. The SMILES string of the molecule is CC.CCCN(CCC)Cc1cccc(C)c1.Cc1ccc(C)cc1. The Morgan fingerprint density at radius 2 is 1.16 bits per heavy atom. The van der Waals surface area contributed by atoms with Crippen LogP contribution in [0.15, 0.2) is 48.5 Å². The zero-order valence-electron chi connectivity index (χ0n) is 17.6. The monoisotopic (exact) mass is 341 g/mol. The molecule has 0 saturated carbocycles. The average Bonchev–Trinajstić information content (AvgIpc) is 2.60. The molecule has 25 heavy (non-hydrogen) atoms. The van der Waals surface area contributed by atoms with Crippen LogP contribution >= 0.6 is 0 Å². The molecule has 1 nitrogen and oxygen atoms in total. The quantitative estimate of drug-likeness (QED) is 0.549. The summed E-state index contributed by atoms with van der Waals surface area (Å²) in [5.74, 6) is 0. The summed E-state index contributed by atoms with van der Waals surface area (Å²) in [6.45, 7) is 18.4. The van der Waals surface area contributed by atoms with Gasteiger partial charge in [0.15, 0.2) is 0 Å². The third-order valence-corrected chi connectivity index (χ3v) is 3.79. The van der Waals surface area contributed by atoms with Crippen LogP contribution in [0.4, 0.5) is 0 Å². The molecule has 0 fully saturated rings. The van der Waals surface area contributed by atoms with Crippen LogP contribution in [0.1, 0.15) is 62.8 Å². The minimum atomic E-state index is 1.10. The first-order valence-corrected chi connectivity index (χ1v) is 9.86. The number of aryl methyl sites for hydroxylation is 3. The lowest BCUT2D eigenvalue weighted by Crippen LogP contribution is -2.24. The van der Waals surface area contributed by atoms with Gasteiger partial charge < -0.3 is 0 Å². The Kier molecular flexibility index (Phi) is 13.8. The molecular formula is C24H39N. The van der Waals surface area contributed by atoms with E-state index in [-0.39, 0.29) is 0 Å². The van der Waals surface area contributed by atoms with Crippen LogP contribution in [0.5, 0.6) is 0 Å². The molecule has 0 amide bonds. The van der Waals surface area contributed by atoms with E-state index in [1.165, 1.54) is 48.2 Å². The first kappa shape index (κ1) is 23.4. The summed E-state index contributed by atoms with van der Waals surface area (Å²) in [6, 6.07) is 17.3. The fourth-order valence-electron chi connectivity index (χ4n) is 2.61. The van der Waals surface area contributed by atoms with Gasteiger partial charge in [-0.25, -0.2) is 0 Å². The van der Waals surface area contributed by atoms with E-state index in [1.807, 2.05) is 13.8 Å². The molecule has 0 heterocycles. The zero-order valence-corrected chi connectivity index (χ0v) is 17.6. The number of rotatable bonds is 6. The van der Waals surface area contributed by atoms with Crippen molar-refractivity contribution < 1.29 is 0 Å². The Morgan fingerprint density at radius 1 is 0.680 bits per heavy atom. The van der Waals surface area contributed by atoms with E-state index in [1.54, 1.807) is 0 Å². The van der Waals surface area contributed by atoms with E-state index in [2.05, 4.69) is 88.0 Å². The Labute approximate surface area is 157 Å². The van der Waals surface area contributed by atoms with Crippen molar-refractivity contribution in [1.82, 2.24) is 4.90 Å². The average molecular weight is 342 g/mol. The molecule has 2 rings (SSSR count). The Hall–Kier alpha value is -1.60. The first-order valence-electron chi connectivity index (χ1n) is 9.86. The van der Waals surface area contributed by atoms with Crippen LogP contribution in [0.25, 0.3) is 0 Å². The highest BCUT2D eigenvalue weighted by Crippen LogP contribution is 2.08. The largest absolute Gasteiger partial charge is 0.299 e. The fourth-order valence-corrected chi connectivity index (χ4v) is 2.61. The minimum absolute atomic E-state index is 1.10. The maximum atomic E-state index is 2.54. The molecule has 0 spiro atoms. The standard InChI is InChI=1S/C14H23N.C8H10.C2H6/c1-4-9-15(10-5-2)12-14-8-6-7-13(3)11-14;1-7-3-5-8(2)6-4-7;1-2/h6-8,11H,4-5,9-10,12H2,1-3H3;3-6H,1-2H3;1-2H3. The molecule has 140 valence electrons. The summed E-state index contributed by atoms with van der Waals surface area (Å²) in [7, 11) is 0. The Morgan fingerprint density at radius 3 is 1.56 bits per heavy atom. The van der Waals surface area contributed by atoms with E-state index in [0.29, 0.717) is 0 Å². The third kappa shape index (κ3) is 11.6. The molecule has 0 aliphatic heterocycles. The van der Waals surface area contributed by atoms with Crippen LogP contribution in [0.3, 0.4) is 0 Å². The highest BCUT2D eigenvalue weighted by molar-refractivity contribution is 5.22. The molecule has 2 aromatic rings. The van der Waals surface area contributed by atoms with Crippen molar-refractivity contribution in [2.45, 2.75) is 67.9 Å². The van der Waals surface area contributed by atoms with E-state index in [9.17, 15) is 0 Å². The van der Waals surface area contributed by atoms with Gasteiger partial charge in [0, 0.05) is 6.54 Å². The highest BCUT2D eigenvalue weighted by atomic mass is 15.1. The van der Waals surface area contributed by atoms with Gasteiger partial charge >= 0.3 is 0 Å². The van der Waals surface area contributed by atoms with Crippen molar-refractivity contribution in [3.8, 4) is 0 Å². The summed E-state index contributed by atoms with van der Waals surface area (Å²) >= 11 is 0. The van der Waals surface area contributed by atoms with Crippen molar-refractivity contribution in [2.24, 2.45) is 0 Å². The van der Waals surface area contributed by atoms with Gasteiger partial charge in [-0.2, -0.15) is 0 Å². The molecule has 0 aliphatic carbocycles. The molecule has 0 N–H and O–H groups in total. The lowest BCUT2D eigenvalue weighted by molar-refractivity contribution is 0.266. The number of hydrogen-bond acceptors (Lipinski definition) is 1. The second-order valence-corrected chi connectivity index (χ2v) is 6.42. The molecule has 0 aromatic heterocycles. The number of benzene rings is 2. The van der Waals surface area contributed by atoms with E-state index < -0.39 is 0 Å². The summed E-state index contributed by atoms with van der Waals surface area (Å²) in [5, 5.41) is 0. The van der Waals surface area contributed by atoms with Gasteiger partial charge in [-0.3, -0.25) is 4.90 Å². The maximum Gasteiger partial charge on any atom is 0.0233 e. The Balaban J connectivity index is 0.000000483. The van der Waals surface area contributed by atoms with Crippen LogP contribution in [-0.4, -0.2) is 18.0 Å². The summed E-state index contributed by atoms with van der Waals surface area (Å²) < 4.78 is 0. The van der Waals surface area contributed by atoms with Gasteiger partial charge in [0.2, 0.25) is 0 Å². The van der Waals surface area contributed by atoms with Crippen molar-refractivity contribution >= 4 is 0 Å². The first-order chi connectivity index (χ1) is 12.0. The molecule has 2 aromatic carbocycles. The molecule has 0 radical (unpaired) electrons. The number of nitrogens with zero attached hydrogens (tertiary/aromatic N) is 1. The molecule has 0 unspecified atom stereocenters. The molecule has 0 atom stereocenters. The van der Waals surface area contributed by atoms with Crippen molar-refractivity contribution in [2.75, 3.05) is 13.1 Å². The van der Waals surface area contributed by atoms with E-state index in [4.69, 9.17) is 0 Å². The second-order valence-electron chi connectivity index (χ2n) is 6.42. The van der Waals surface area contributed by atoms with Gasteiger partial charge in [-0.15, -0.1) is 0 Å². The summed E-state index contributed by atoms with van der Waals surface area (Å²) in [6.07, 6.45) is 2.48. The van der Waals surface area contributed by atoms with Gasteiger partial charge in [0.25, 0.3) is 0 Å². The zero-order chi connectivity index (χ0) is 19.1. The minimum Gasteiger partial charge on any atom is -0.299 e.